The maximum atomic E-state index is 12.1. The Morgan fingerprint density at radius 1 is 1.34 bits per heavy atom. The lowest BCUT2D eigenvalue weighted by molar-refractivity contribution is -0.384. The van der Waals surface area contributed by atoms with Gasteiger partial charge in [0.1, 0.15) is 5.75 Å². The van der Waals surface area contributed by atoms with E-state index in [2.05, 4.69) is 42.0 Å². The van der Waals surface area contributed by atoms with Gasteiger partial charge < -0.3 is 15.9 Å². The molecule has 0 aliphatic carbocycles. The molecule has 0 bridgehead atoms. The number of nitrogen functional groups attached to an aromatic ring is 1. The summed E-state index contributed by atoms with van der Waals surface area (Å²) in [5.41, 5.74) is 3.80. The Hall–Kier alpha value is -3.65. The zero-order valence-electron chi connectivity index (χ0n) is 16.6. The van der Waals surface area contributed by atoms with Crippen LogP contribution in [0.15, 0.2) is 57.2 Å². The molecule has 0 spiro atoms. The largest absolute Gasteiger partial charge is 0.496 e. The molecule has 0 atom stereocenters. The third-order valence-electron chi connectivity index (χ3n) is 3.92. The molecule has 0 radical (unpaired) electrons. The third-order valence-corrected chi connectivity index (χ3v) is 5.36. The van der Waals surface area contributed by atoms with Crippen molar-refractivity contribution >= 4 is 57.1 Å². The van der Waals surface area contributed by atoms with Gasteiger partial charge in [0.15, 0.2) is 0 Å². The number of anilines is 2. The zero-order chi connectivity index (χ0) is 23.1. The number of hydrogen-bond donors (Lipinski definition) is 3. The molecule has 0 saturated carbocycles. The van der Waals surface area contributed by atoms with Crippen LogP contribution in [0.3, 0.4) is 0 Å². The molecule has 14 heteroatoms. The number of thioether (sulfide) groups is 1. The molecule has 3 aromatic rings. The van der Waals surface area contributed by atoms with E-state index in [1.165, 1.54) is 28.9 Å². The number of halogens is 1. The number of amides is 1. The molecule has 0 fully saturated rings. The van der Waals surface area contributed by atoms with Crippen LogP contribution in [0.2, 0.25) is 0 Å². The first kappa shape index (κ1) is 23.0. The molecule has 166 valence electrons. The SMILES string of the molecule is COc1ccc(Br)cc1/C=N/Nc1nnc(SCC(=O)Nc2ccc([N+](=O)[O-])cc2)n1N. The van der Waals surface area contributed by atoms with Gasteiger partial charge in [0, 0.05) is 27.9 Å². The smallest absolute Gasteiger partial charge is 0.269 e. The average molecular weight is 521 g/mol. The van der Waals surface area contributed by atoms with Crippen molar-refractivity contribution in [3.63, 3.8) is 0 Å². The van der Waals surface area contributed by atoms with Gasteiger partial charge in [-0.25, -0.2) is 10.1 Å². The summed E-state index contributed by atoms with van der Waals surface area (Å²) in [7, 11) is 1.56. The van der Waals surface area contributed by atoms with E-state index < -0.39 is 4.92 Å². The number of nitrogens with one attached hydrogen (secondary N) is 2. The Kier molecular flexibility index (Phi) is 7.62. The topological polar surface area (TPSA) is 163 Å². The third kappa shape index (κ3) is 5.95. The van der Waals surface area contributed by atoms with Crippen molar-refractivity contribution in [2.24, 2.45) is 5.10 Å². The van der Waals surface area contributed by atoms with E-state index in [4.69, 9.17) is 10.6 Å². The Morgan fingerprint density at radius 3 is 2.78 bits per heavy atom. The maximum absolute atomic E-state index is 12.1. The molecule has 12 nitrogen and oxygen atoms in total. The van der Waals surface area contributed by atoms with Gasteiger partial charge in [-0.1, -0.05) is 27.7 Å². The first-order chi connectivity index (χ1) is 15.4. The van der Waals surface area contributed by atoms with Crippen molar-refractivity contribution < 1.29 is 14.5 Å². The molecular weight excluding hydrogens is 504 g/mol. The second-order valence-electron chi connectivity index (χ2n) is 6.07. The first-order valence-corrected chi connectivity index (χ1v) is 10.7. The Morgan fingerprint density at radius 2 is 2.09 bits per heavy atom. The van der Waals surface area contributed by atoms with E-state index in [1.807, 2.05) is 12.1 Å². The second kappa shape index (κ2) is 10.6. The first-order valence-electron chi connectivity index (χ1n) is 8.87. The van der Waals surface area contributed by atoms with E-state index in [-0.39, 0.29) is 23.3 Å². The lowest BCUT2D eigenvalue weighted by atomic mass is 10.2. The Bertz CT molecular complexity index is 1150. The number of nitro benzene ring substituents is 1. The number of nitrogens with zero attached hydrogens (tertiary/aromatic N) is 5. The molecule has 0 aliphatic heterocycles. The van der Waals surface area contributed by atoms with E-state index in [0.717, 1.165) is 21.8 Å². The van der Waals surface area contributed by atoms with Crippen molar-refractivity contribution in [1.29, 1.82) is 0 Å². The van der Waals surface area contributed by atoms with Crippen molar-refractivity contribution in [3.05, 3.63) is 62.6 Å². The Balaban J connectivity index is 1.55. The number of nitrogens with two attached hydrogens (primary N) is 1. The highest BCUT2D eigenvalue weighted by Crippen LogP contribution is 2.22. The second-order valence-corrected chi connectivity index (χ2v) is 7.93. The fourth-order valence-corrected chi connectivity index (χ4v) is 3.45. The summed E-state index contributed by atoms with van der Waals surface area (Å²) < 4.78 is 7.31. The number of hydrogen-bond acceptors (Lipinski definition) is 10. The molecule has 1 aromatic heterocycles. The molecule has 1 amide bonds. The van der Waals surface area contributed by atoms with Gasteiger partial charge in [-0.2, -0.15) is 5.10 Å². The quantitative estimate of drug-likeness (QED) is 0.126. The van der Waals surface area contributed by atoms with Crippen molar-refractivity contribution in [1.82, 2.24) is 14.9 Å². The van der Waals surface area contributed by atoms with E-state index in [9.17, 15) is 14.9 Å². The van der Waals surface area contributed by atoms with Crippen LogP contribution in [0.1, 0.15) is 5.56 Å². The minimum absolute atomic E-state index is 0.00479. The van der Waals surface area contributed by atoms with Crippen molar-refractivity contribution in [2.75, 3.05) is 29.4 Å². The van der Waals surface area contributed by atoms with Gasteiger partial charge in [0.05, 0.1) is 24.0 Å². The highest BCUT2D eigenvalue weighted by Gasteiger charge is 2.13. The Labute approximate surface area is 194 Å². The summed E-state index contributed by atoms with van der Waals surface area (Å²) in [6.45, 7) is 0. The van der Waals surface area contributed by atoms with Gasteiger partial charge in [-0.15, -0.1) is 10.2 Å². The monoisotopic (exact) mass is 520 g/mol. The van der Waals surface area contributed by atoms with E-state index in [0.29, 0.717) is 16.6 Å². The number of carbonyl (C=O) groups excluding carboxylic acids is 1. The predicted octanol–water partition coefficient (Wildman–Crippen LogP) is 2.85. The summed E-state index contributed by atoms with van der Waals surface area (Å²) in [5, 5.41) is 25.5. The van der Waals surface area contributed by atoms with Gasteiger partial charge in [-0.05, 0) is 30.3 Å². The standard InChI is InChI=1S/C18H17BrN8O4S/c1-31-15-7-2-12(19)8-11(15)9-21-23-17-24-25-18(26(17)20)32-10-16(28)22-13-3-5-14(6-4-13)27(29)30/h2-9H,10,20H2,1H3,(H,22,28)(H,23,24)/b21-9+. The van der Waals surface area contributed by atoms with Crippen molar-refractivity contribution in [2.45, 2.75) is 5.16 Å². The van der Waals surface area contributed by atoms with Crippen LogP contribution in [-0.2, 0) is 4.79 Å². The molecule has 2 aromatic carbocycles. The normalized spacial score (nSPS) is 10.8. The van der Waals surface area contributed by atoms with Crippen LogP contribution < -0.4 is 21.3 Å². The summed E-state index contributed by atoms with van der Waals surface area (Å²) in [5.74, 6) is 6.44. The number of benzene rings is 2. The number of aromatic nitrogens is 3. The number of non-ortho nitro benzene ring substituents is 1. The average Bonchev–Trinajstić information content (AvgIpc) is 3.12. The van der Waals surface area contributed by atoms with E-state index >= 15 is 0 Å². The fraction of sp³-hybridized carbons (Fsp3) is 0.111. The molecule has 32 heavy (non-hydrogen) atoms. The fourth-order valence-electron chi connectivity index (χ4n) is 2.41. The van der Waals surface area contributed by atoms with Crippen LogP contribution >= 0.6 is 27.7 Å². The summed E-state index contributed by atoms with van der Waals surface area (Å²) in [4.78, 5) is 22.3. The van der Waals surface area contributed by atoms with Crippen LogP contribution in [-0.4, -0.2) is 44.8 Å². The van der Waals surface area contributed by atoms with Crippen LogP contribution in [0.4, 0.5) is 17.3 Å². The lowest BCUT2D eigenvalue weighted by Crippen LogP contribution is -2.16. The highest BCUT2D eigenvalue weighted by molar-refractivity contribution is 9.10. The number of ether oxygens (including phenoxy) is 1. The van der Waals surface area contributed by atoms with Gasteiger partial charge >= 0.3 is 0 Å². The molecule has 3 rings (SSSR count). The van der Waals surface area contributed by atoms with E-state index in [1.54, 1.807) is 19.4 Å². The molecule has 0 unspecified atom stereocenters. The number of methoxy groups -OCH3 is 1. The molecular formula is C18H17BrN8O4S. The van der Waals surface area contributed by atoms with Gasteiger partial charge in [0.2, 0.25) is 11.1 Å². The van der Waals surface area contributed by atoms with Gasteiger partial charge in [-0.3, -0.25) is 14.9 Å². The molecule has 0 aliphatic rings. The number of nitro groups is 1. The molecule has 0 saturated heterocycles. The number of rotatable bonds is 9. The van der Waals surface area contributed by atoms with Crippen LogP contribution in [0, 0.1) is 10.1 Å². The predicted molar refractivity (Wildman–Crippen MR) is 125 cm³/mol. The van der Waals surface area contributed by atoms with Crippen LogP contribution in [0.25, 0.3) is 0 Å². The number of hydrazone groups is 1. The highest BCUT2D eigenvalue weighted by atomic mass is 79.9. The number of carbonyl (C=O) groups is 1. The minimum Gasteiger partial charge on any atom is -0.496 e. The maximum Gasteiger partial charge on any atom is 0.269 e. The summed E-state index contributed by atoms with van der Waals surface area (Å²) >= 11 is 4.46. The lowest BCUT2D eigenvalue weighted by Gasteiger charge is -2.06. The summed E-state index contributed by atoms with van der Waals surface area (Å²) in [6, 6.07) is 11.0. The summed E-state index contributed by atoms with van der Waals surface area (Å²) in [6.07, 6.45) is 1.54. The zero-order valence-corrected chi connectivity index (χ0v) is 19.0. The van der Waals surface area contributed by atoms with Crippen LogP contribution in [0.5, 0.6) is 5.75 Å². The van der Waals surface area contributed by atoms with Gasteiger partial charge in [0.25, 0.3) is 11.6 Å². The molecule has 1 heterocycles. The molecule has 4 N–H and O–H groups in total. The van der Waals surface area contributed by atoms with Crippen molar-refractivity contribution in [3.8, 4) is 5.75 Å². The minimum atomic E-state index is -0.513.